The van der Waals surface area contributed by atoms with Crippen LogP contribution in [-0.4, -0.2) is 26.7 Å². The topological polar surface area (TPSA) is 24.1 Å². The van der Waals surface area contributed by atoms with Gasteiger partial charge in [-0.1, -0.05) is 61.3 Å². The predicted octanol–water partition coefficient (Wildman–Crippen LogP) is 3.56. The van der Waals surface area contributed by atoms with Crippen molar-refractivity contribution in [3.8, 4) is 0 Å². The Bertz CT molecular complexity index is 377. The Kier molecular flexibility index (Phi) is 7.05. The van der Waals surface area contributed by atoms with Crippen molar-refractivity contribution >= 4 is 15.9 Å². The molecule has 0 saturated heterocycles. The van der Waals surface area contributed by atoms with Gasteiger partial charge in [-0.05, 0) is 37.7 Å². The first-order valence-corrected chi connectivity index (χ1v) is 7.91. The second-order valence-corrected chi connectivity index (χ2v) is 6.68. The van der Waals surface area contributed by atoms with Crippen LogP contribution in [0.15, 0.2) is 28.7 Å². The lowest BCUT2D eigenvalue weighted by molar-refractivity contribution is 0.401. The van der Waals surface area contributed by atoms with Gasteiger partial charge >= 0.3 is 0 Å². The highest BCUT2D eigenvalue weighted by atomic mass is 79.9. The second-order valence-electron chi connectivity index (χ2n) is 5.83. The Morgan fingerprint density at radius 2 is 1.89 bits per heavy atom. The van der Waals surface area contributed by atoms with Gasteiger partial charge in [0.25, 0.3) is 0 Å². The minimum absolute atomic E-state index is 0.137. The molecule has 0 amide bonds. The number of hydrogen-bond donors (Lipinski definition) is 2. The lowest BCUT2D eigenvalue weighted by Gasteiger charge is -2.28. The third kappa shape index (κ3) is 5.25. The van der Waals surface area contributed by atoms with Crippen LogP contribution in [0.4, 0.5) is 0 Å². The summed E-state index contributed by atoms with van der Waals surface area (Å²) in [4.78, 5) is 0. The molecule has 2 N–H and O–H groups in total. The molecule has 19 heavy (non-hydrogen) atoms. The van der Waals surface area contributed by atoms with Gasteiger partial charge < -0.3 is 10.6 Å². The molecule has 0 aliphatic rings. The summed E-state index contributed by atoms with van der Waals surface area (Å²) in [6, 6.07) is 8.50. The minimum atomic E-state index is 0.137. The molecule has 2 nitrogen and oxygen atoms in total. The normalized spacial score (nSPS) is 13.5. The van der Waals surface area contributed by atoms with Crippen LogP contribution in [0, 0.1) is 5.92 Å². The molecular formula is C16H27BrN2. The van der Waals surface area contributed by atoms with Crippen LogP contribution in [0.1, 0.15) is 32.8 Å². The molecule has 108 valence electrons. The smallest absolute Gasteiger partial charge is 0.0213 e. The largest absolute Gasteiger partial charge is 0.319 e. The van der Waals surface area contributed by atoms with Gasteiger partial charge in [0.1, 0.15) is 0 Å². The fourth-order valence-electron chi connectivity index (χ4n) is 2.34. The summed E-state index contributed by atoms with van der Waals surface area (Å²) in [7, 11) is 2.02. The molecule has 1 rings (SSSR count). The lowest BCUT2D eigenvalue weighted by Crippen LogP contribution is -2.37. The number of halogens is 1. The number of hydrogen-bond acceptors (Lipinski definition) is 2. The van der Waals surface area contributed by atoms with E-state index in [2.05, 4.69) is 71.6 Å². The van der Waals surface area contributed by atoms with Crippen LogP contribution < -0.4 is 10.6 Å². The van der Waals surface area contributed by atoms with E-state index >= 15 is 0 Å². The van der Waals surface area contributed by atoms with Crippen LogP contribution in [0.5, 0.6) is 0 Å². The molecule has 0 aromatic heterocycles. The molecule has 1 aromatic rings. The van der Waals surface area contributed by atoms with Gasteiger partial charge in [0, 0.05) is 16.4 Å². The second kappa shape index (κ2) is 8.03. The number of nitrogens with one attached hydrogen (secondary N) is 2. The Morgan fingerprint density at radius 1 is 1.21 bits per heavy atom. The maximum atomic E-state index is 3.65. The first-order valence-electron chi connectivity index (χ1n) is 7.11. The van der Waals surface area contributed by atoms with Crippen molar-refractivity contribution in [1.29, 1.82) is 0 Å². The molecule has 1 aromatic carbocycles. The highest BCUT2D eigenvalue weighted by Crippen LogP contribution is 2.29. The quantitative estimate of drug-likeness (QED) is 0.763. The van der Waals surface area contributed by atoms with Gasteiger partial charge in [0.05, 0.1) is 0 Å². The van der Waals surface area contributed by atoms with E-state index in [-0.39, 0.29) is 5.41 Å². The van der Waals surface area contributed by atoms with E-state index in [4.69, 9.17) is 0 Å². The summed E-state index contributed by atoms with van der Waals surface area (Å²) in [5.74, 6) is 0.708. The molecule has 1 unspecified atom stereocenters. The molecule has 3 heteroatoms. The van der Waals surface area contributed by atoms with Crippen LogP contribution >= 0.6 is 15.9 Å². The molecule has 0 saturated carbocycles. The van der Waals surface area contributed by atoms with Crippen molar-refractivity contribution < 1.29 is 0 Å². The van der Waals surface area contributed by atoms with Crippen molar-refractivity contribution in [3.63, 3.8) is 0 Å². The molecule has 0 heterocycles. The van der Waals surface area contributed by atoms with E-state index < -0.39 is 0 Å². The maximum Gasteiger partial charge on any atom is 0.0213 e. The zero-order valence-electron chi connectivity index (χ0n) is 12.6. The van der Waals surface area contributed by atoms with E-state index in [1.54, 1.807) is 0 Å². The van der Waals surface area contributed by atoms with Gasteiger partial charge in [-0.2, -0.15) is 0 Å². The fourth-order valence-corrected chi connectivity index (χ4v) is 3.17. The summed E-state index contributed by atoms with van der Waals surface area (Å²) in [5, 5.41) is 6.89. The predicted molar refractivity (Wildman–Crippen MR) is 87.7 cm³/mol. The first kappa shape index (κ1) is 16.7. The standard InChI is InChI=1S/C16H27BrN2/c1-5-13(10-18-4)11-19-12-16(2,3)14-8-6-7-9-15(14)17/h6-9,13,18-19H,5,10-12H2,1-4H3. The minimum Gasteiger partial charge on any atom is -0.319 e. The van der Waals surface area contributed by atoms with Crippen molar-refractivity contribution in [2.75, 3.05) is 26.7 Å². The summed E-state index contributed by atoms with van der Waals surface area (Å²) in [6.07, 6.45) is 1.21. The maximum absolute atomic E-state index is 3.65. The molecule has 0 aliphatic carbocycles. The van der Waals surface area contributed by atoms with Crippen molar-refractivity contribution in [3.05, 3.63) is 34.3 Å². The van der Waals surface area contributed by atoms with Gasteiger partial charge in [-0.3, -0.25) is 0 Å². The van der Waals surface area contributed by atoms with Crippen LogP contribution in [0.3, 0.4) is 0 Å². The third-order valence-corrected chi connectivity index (χ3v) is 4.36. The van der Waals surface area contributed by atoms with E-state index in [0.717, 1.165) is 19.6 Å². The van der Waals surface area contributed by atoms with Crippen molar-refractivity contribution in [2.45, 2.75) is 32.6 Å². The Hall–Kier alpha value is -0.380. The first-order chi connectivity index (χ1) is 9.01. The van der Waals surface area contributed by atoms with Crippen molar-refractivity contribution in [2.24, 2.45) is 5.92 Å². The SMILES string of the molecule is CCC(CNC)CNCC(C)(C)c1ccccc1Br. The van der Waals surface area contributed by atoms with E-state index in [1.165, 1.54) is 16.5 Å². The van der Waals surface area contributed by atoms with E-state index in [9.17, 15) is 0 Å². The molecule has 0 aliphatic heterocycles. The molecule has 0 spiro atoms. The van der Waals surface area contributed by atoms with Gasteiger partial charge in [0.15, 0.2) is 0 Å². The Balaban J connectivity index is 2.54. The summed E-state index contributed by atoms with van der Waals surface area (Å²) in [5.41, 5.74) is 1.50. The molecule has 1 atom stereocenters. The van der Waals surface area contributed by atoms with Crippen LogP contribution in [-0.2, 0) is 5.41 Å². The lowest BCUT2D eigenvalue weighted by atomic mass is 9.84. The van der Waals surface area contributed by atoms with Gasteiger partial charge in [0.2, 0.25) is 0 Å². The average Bonchev–Trinajstić information content (AvgIpc) is 2.38. The molecule has 0 radical (unpaired) electrons. The van der Waals surface area contributed by atoms with Crippen LogP contribution in [0.25, 0.3) is 0 Å². The zero-order chi connectivity index (χ0) is 14.3. The average molecular weight is 327 g/mol. The number of benzene rings is 1. The van der Waals surface area contributed by atoms with E-state index in [1.807, 2.05) is 7.05 Å². The van der Waals surface area contributed by atoms with Crippen molar-refractivity contribution in [1.82, 2.24) is 10.6 Å². The fraction of sp³-hybridized carbons (Fsp3) is 0.625. The summed E-state index contributed by atoms with van der Waals surface area (Å²) >= 11 is 3.65. The summed E-state index contributed by atoms with van der Waals surface area (Å²) < 4.78 is 1.20. The zero-order valence-corrected chi connectivity index (χ0v) is 14.2. The monoisotopic (exact) mass is 326 g/mol. The number of rotatable bonds is 8. The highest BCUT2D eigenvalue weighted by molar-refractivity contribution is 9.10. The highest BCUT2D eigenvalue weighted by Gasteiger charge is 2.22. The summed E-state index contributed by atoms with van der Waals surface area (Å²) in [6.45, 7) is 9.99. The Labute approximate surface area is 126 Å². The van der Waals surface area contributed by atoms with Gasteiger partial charge in [-0.15, -0.1) is 0 Å². The van der Waals surface area contributed by atoms with Gasteiger partial charge in [-0.25, -0.2) is 0 Å². The molecule has 0 fully saturated rings. The molecular weight excluding hydrogens is 300 g/mol. The third-order valence-electron chi connectivity index (χ3n) is 3.67. The Morgan fingerprint density at radius 3 is 2.47 bits per heavy atom. The molecule has 0 bridgehead atoms. The van der Waals surface area contributed by atoms with Crippen LogP contribution in [0.2, 0.25) is 0 Å². The van der Waals surface area contributed by atoms with E-state index in [0.29, 0.717) is 5.92 Å².